The molecule has 5 N–H and O–H groups in total. The Bertz CT molecular complexity index is 364. The number of carbonyl (C=O) groups is 1. The van der Waals surface area contributed by atoms with Crippen molar-refractivity contribution in [2.24, 2.45) is 16.9 Å². The monoisotopic (exact) mass is 283 g/mol. The summed E-state index contributed by atoms with van der Waals surface area (Å²) in [6, 6.07) is 0.516. The smallest absolute Gasteiger partial charge is 0.241 e. The van der Waals surface area contributed by atoms with E-state index in [2.05, 4.69) is 5.32 Å². The number of hydrogen-bond acceptors (Lipinski definition) is 4. The average molecular weight is 283 g/mol. The number of nitrogens with two attached hydrogens (primary N) is 2. The van der Waals surface area contributed by atoms with Crippen LogP contribution in [0.2, 0.25) is 0 Å². The Morgan fingerprint density at radius 1 is 1.30 bits per heavy atom. The molecule has 0 aliphatic heterocycles. The largest absolute Gasteiger partial charge is 0.378 e. The third kappa shape index (κ3) is 2.59. The predicted octanol–water partition coefficient (Wildman–Crippen LogP) is 0.905. The highest BCUT2D eigenvalue weighted by Gasteiger charge is 2.63. The summed E-state index contributed by atoms with van der Waals surface area (Å²) in [5.74, 6) is -0.0288. The molecule has 2 unspecified atom stereocenters. The van der Waals surface area contributed by atoms with Gasteiger partial charge < -0.3 is 21.5 Å². The molecule has 2 fully saturated rings. The van der Waals surface area contributed by atoms with Crippen molar-refractivity contribution in [3.05, 3.63) is 0 Å². The fourth-order valence-electron chi connectivity index (χ4n) is 3.40. The van der Waals surface area contributed by atoms with Crippen molar-refractivity contribution in [3.8, 4) is 0 Å². The molecule has 0 radical (unpaired) electrons. The highest BCUT2D eigenvalue weighted by molar-refractivity contribution is 5.89. The van der Waals surface area contributed by atoms with E-state index in [1.54, 1.807) is 0 Å². The predicted molar refractivity (Wildman–Crippen MR) is 79.1 cm³/mol. The molecule has 116 valence electrons. The van der Waals surface area contributed by atoms with Gasteiger partial charge in [0.1, 0.15) is 5.54 Å². The van der Waals surface area contributed by atoms with E-state index in [1.807, 2.05) is 20.8 Å². The molecule has 2 saturated carbocycles. The van der Waals surface area contributed by atoms with Gasteiger partial charge in [-0.05, 0) is 32.6 Å². The number of carbonyl (C=O) groups excluding carboxylic acids is 1. The molecule has 1 amide bonds. The summed E-state index contributed by atoms with van der Waals surface area (Å²) < 4.78 is 5.67. The summed E-state index contributed by atoms with van der Waals surface area (Å²) in [5, 5.41) is 3.13. The summed E-state index contributed by atoms with van der Waals surface area (Å²) in [5.41, 5.74) is 11.1. The molecule has 5 nitrogen and oxygen atoms in total. The summed E-state index contributed by atoms with van der Waals surface area (Å²) in [4.78, 5) is 12.5. The van der Waals surface area contributed by atoms with Crippen molar-refractivity contribution in [2.75, 3.05) is 6.61 Å². The van der Waals surface area contributed by atoms with Crippen molar-refractivity contribution in [1.82, 2.24) is 5.32 Å². The molecule has 0 bridgehead atoms. The fourth-order valence-corrected chi connectivity index (χ4v) is 3.40. The van der Waals surface area contributed by atoms with E-state index < -0.39 is 5.54 Å². The van der Waals surface area contributed by atoms with Crippen LogP contribution in [0.15, 0.2) is 0 Å². The van der Waals surface area contributed by atoms with Crippen LogP contribution < -0.4 is 16.8 Å². The molecule has 5 heteroatoms. The third-order valence-electron chi connectivity index (χ3n) is 5.34. The lowest BCUT2D eigenvalue weighted by Gasteiger charge is -2.57. The molecule has 2 rings (SSSR count). The molecule has 2 aliphatic rings. The van der Waals surface area contributed by atoms with Gasteiger partial charge >= 0.3 is 0 Å². The second kappa shape index (κ2) is 5.62. The van der Waals surface area contributed by atoms with E-state index in [0.29, 0.717) is 13.0 Å². The molecule has 0 aromatic carbocycles. The Morgan fingerprint density at radius 2 is 1.90 bits per heavy atom. The summed E-state index contributed by atoms with van der Waals surface area (Å²) in [6.07, 6.45) is 4.55. The maximum absolute atomic E-state index is 12.5. The van der Waals surface area contributed by atoms with Gasteiger partial charge in [0.25, 0.3) is 0 Å². The molecule has 0 aromatic rings. The molecular formula is C15H29N3O2. The van der Waals surface area contributed by atoms with Crippen molar-refractivity contribution in [1.29, 1.82) is 0 Å². The van der Waals surface area contributed by atoms with E-state index in [1.165, 1.54) is 0 Å². The summed E-state index contributed by atoms with van der Waals surface area (Å²) in [7, 11) is 0. The van der Waals surface area contributed by atoms with Gasteiger partial charge in [0.2, 0.25) is 5.91 Å². The zero-order chi connectivity index (χ0) is 15.0. The number of ether oxygens (including phenoxy) is 1. The lowest BCUT2D eigenvalue weighted by molar-refractivity contribution is -0.171. The fraction of sp³-hybridized carbons (Fsp3) is 0.933. The molecule has 0 saturated heterocycles. The summed E-state index contributed by atoms with van der Waals surface area (Å²) >= 11 is 0. The van der Waals surface area contributed by atoms with Crippen LogP contribution >= 0.6 is 0 Å². The second-order valence-electron chi connectivity index (χ2n) is 6.93. The molecular weight excluding hydrogens is 254 g/mol. The number of hydrogen-bond donors (Lipinski definition) is 3. The van der Waals surface area contributed by atoms with Crippen molar-refractivity contribution < 1.29 is 9.53 Å². The van der Waals surface area contributed by atoms with Crippen LogP contribution in [0.25, 0.3) is 0 Å². The topological polar surface area (TPSA) is 90.4 Å². The van der Waals surface area contributed by atoms with Crippen molar-refractivity contribution >= 4 is 5.91 Å². The van der Waals surface area contributed by atoms with Crippen LogP contribution in [0.1, 0.15) is 52.9 Å². The minimum Gasteiger partial charge on any atom is -0.378 e. The van der Waals surface area contributed by atoms with Crippen LogP contribution in [-0.4, -0.2) is 36.2 Å². The molecule has 2 atom stereocenters. The van der Waals surface area contributed by atoms with Gasteiger partial charge in [0, 0.05) is 30.5 Å². The highest BCUT2D eigenvalue weighted by atomic mass is 16.5. The number of rotatable bonds is 4. The van der Waals surface area contributed by atoms with Crippen molar-refractivity contribution in [2.45, 2.75) is 76.6 Å². The van der Waals surface area contributed by atoms with Gasteiger partial charge in [-0.25, -0.2) is 0 Å². The van der Waals surface area contributed by atoms with Gasteiger partial charge in [-0.15, -0.1) is 0 Å². The Morgan fingerprint density at radius 3 is 2.40 bits per heavy atom. The molecule has 20 heavy (non-hydrogen) atoms. The van der Waals surface area contributed by atoms with Gasteiger partial charge in [-0.2, -0.15) is 0 Å². The van der Waals surface area contributed by atoms with Gasteiger partial charge in [-0.1, -0.05) is 13.8 Å². The highest BCUT2D eigenvalue weighted by Crippen LogP contribution is 2.49. The number of nitrogens with one attached hydrogen (secondary N) is 1. The maximum Gasteiger partial charge on any atom is 0.241 e. The Hall–Kier alpha value is -0.650. The van der Waals surface area contributed by atoms with Gasteiger partial charge in [-0.3, -0.25) is 4.79 Å². The van der Waals surface area contributed by atoms with Gasteiger partial charge in [0.05, 0.1) is 6.10 Å². The van der Waals surface area contributed by atoms with Crippen LogP contribution in [0.5, 0.6) is 0 Å². The lowest BCUT2D eigenvalue weighted by atomic mass is 9.54. The number of amides is 1. The lowest BCUT2D eigenvalue weighted by Crippen LogP contribution is -2.76. The van der Waals surface area contributed by atoms with E-state index in [4.69, 9.17) is 16.2 Å². The first-order valence-electron chi connectivity index (χ1n) is 7.78. The SMILES string of the molecule is CCOC1CC(N)(C(=O)NC2CCC(N)CC2)C1(C)C. The zero-order valence-electron chi connectivity index (χ0n) is 12.9. The summed E-state index contributed by atoms with van der Waals surface area (Å²) in [6.45, 7) is 6.67. The first kappa shape index (κ1) is 15.7. The molecule has 0 aromatic heterocycles. The van der Waals surface area contributed by atoms with Crippen LogP contribution in [-0.2, 0) is 9.53 Å². The maximum atomic E-state index is 12.5. The van der Waals surface area contributed by atoms with E-state index in [9.17, 15) is 4.79 Å². The Labute approximate surface area is 121 Å². The van der Waals surface area contributed by atoms with E-state index in [-0.39, 0.29) is 29.5 Å². The second-order valence-corrected chi connectivity index (χ2v) is 6.93. The van der Waals surface area contributed by atoms with E-state index in [0.717, 1.165) is 25.7 Å². The Kier molecular flexibility index (Phi) is 4.42. The molecule has 0 spiro atoms. The minimum atomic E-state index is -0.813. The van der Waals surface area contributed by atoms with E-state index >= 15 is 0 Å². The van der Waals surface area contributed by atoms with Crippen LogP contribution in [0, 0.1) is 5.41 Å². The first-order chi connectivity index (χ1) is 9.31. The third-order valence-corrected chi connectivity index (χ3v) is 5.34. The van der Waals surface area contributed by atoms with Gasteiger partial charge in [0.15, 0.2) is 0 Å². The molecule has 2 aliphatic carbocycles. The first-order valence-corrected chi connectivity index (χ1v) is 7.78. The quantitative estimate of drug-likeness (QED) is 0.715. The normalized spacial score (nSPS) is 40.0. The standard InChI is InChI=1S/C15H29N3O2/c1-4-20-12-9-15(17,14(12,2)3)13(19)18-11-7-5-10(16)6-8-11/h10-12H,4-9,16-17H2,1-3H3,(H,18,19). The van der Waals surface area contributed by atoms with Crippen LogP contribution in [0.4, 0.5) is 0 Å². The van der Waals surface area contributed by atoms with Crippen LogP contribution in [0.3, 0.4) is 0 Å². The van der Waals surface area contributed by atoms with Crippen molar-refractivity contribution in [3.63, 3.8) is 0 Å². The minimum absolute atomic E-state index is 0.0288. The molecule has 0 heterocycles. The zero-order valence-corrected chi connectivity index (χ0v) is 12.9. The average Bonchev–Trinajstić information content (AvgIpc) is 2.40. The Balaban J connectivity index is 1.92.